The van der Waals surface area contributed by atoms with Gasteiger partial charge in [-0.15, -0.1) is 0 Å². The van der Waals surface area contributed by atoms with E-state index in [-0.39, 0.29) is 5.75 Å². The van der Waals surface area contributed by atoms with Gasteiger partial charge >= 0.3 is 0 Å². The fraction of sp³-hybridized carbons (Fsp3) is 0.0714. The molecule has 0 heterocycles. The second-order valence-corrected chi connectivity index (χ2v) is 4.19. The Bertz CT molecular complexity index is 600. The summed E-state index contributed by atoms with van der Waals surface area (Å²) >= 11 is 5.99. The van der Waals surface area contributed by atoms with Crippen LogP contribution in [0.4, 0.5) is 5.69 Å². The summed E-state index contributed by atoms with van der Waals surface area (Å²) in [7, 11) is 1.50. The molecule has 0 unspecified atom stereocenters. The molecule has 2 aromatic carbocycles. The number of phenolic OH excluding ortho intramolecular Hbond substituents is 1. The number of anilines is 1. The van der Waals surface area contributed by atoms with E-state index in [4.69, 9.17) is 16.3 Å². The van der Waals surface area contributed by atoms with Crippen molar-refractivity contribution in [3.8, 4) is 11.5 Å². The Labute approximate surface area is 116 Å². The normalized spacial score (nSPS) is 10.6. The lowest BCUT2D eigenvalue weighted by atomic mass is 10.2. The van der Waals surface area contributed by atoms with Gasteiger partial charge in [0.2, 0.25) is 0 Å². The van der Waals surface area contributed by atoms with Crippen molar-refractivity contribution in [1.29, 1.82) is 0 Å². The summed E-state index contributed by atoms with van der Waals surface area (Å²) in [6.07, 6.45) is 1.62. The first-order valence-electron chi connectivity index (χ1n) is 5.61. The number of hydrogen-bond acceptors (Lipinski definition) is 4. The van der Waals surface area contributed by atoms with E-state index in [1.54, 1.807) is 30.5 Å². The SMILES string of the molecule is COc1cc(/C=N/Nc2ccccc2Cl)ccc1O. The van der Waals surface area contributed by atoms with Crippen LogP contribution in [0.3, 0.4) is 0 Å². The maximum Gasteiger partial charge on any atom is 0.161 e. The molecule has 98 valence electrons. The predicted molar refractivity (Wildman–Crippen MR) is 77.3 cm³/mol. The van der Waals surface area contributed by atoms with Crippen LogP contribution >= 0.6 is 11.6 Å². The van der Waals surface area contributed by atoms with Crippen molar-refractivity contribution < 1.29 is 9.84 Å². The van der Waals surface area contributed by atoms with Gasteiger partial charge < -0.3 is 9.84 Å². The standard InChI is InChI=1S/C14H13ClN2O2/c1-19-14-8-10(6-7-13(14)18)9-16-17-12-5-3-2-4-11(12)15/h2-9,17-18H,1H3/b16-9+. The van der Waals surface area contributed by atoms with Crippen LogP contribution in [0.25, 0.3) is 0 Å². The van der Waals surface area contributed by atoms with Crippen molar-refractivity contribution in [2.75, 3.05) is 12.5 Å². The predicted octanol–water partition coefficient (Wildman–Crippen LogP) is 3.50. The Morgan fingerprint density at radius 2 is 2.05 bits per heavy atom. The Hall–Kier alpha value is -2.20. The molecule has 19 heavy (non-hydrogen) atoms. The number of benzene rings is 2. The summed E-state index contributed by atoms with van der Waals surface area (Å²) in [5, 5.41) is 14.2. The van der Waals surface area contributed by atoms with Crippen LogP contribution in [-0.4, -0.2) is 18.4 Å². The number of aromatic hydroxyl groups is 1. The van der Waals surface area contributed by atoms with E-state index in [0.29, 0.717) is 10.8 Å². The Kier molecular flexibility index (Phi) is 4.26. The van der Waals surface area contributed by atoms with Gasteiger partial charge in [-0.2, -0.15) is 5.10 Å². The zero-order valence-electron chi connectivity index (χ0n) is 10.3. The lowest BCUT2D eigenvalue weighted by molar-refractivity contribution is 0.373. The van der Waals surface area contributed by atoms with E-state index in [0.717, 1.165) is 11.3 Å². The van der Waals surface area contributed by atoms with Crippen molar-refractivity contribution in [3.05, 3.63) is 53.1 Å². The summed E-state index contributed by atoms with van der Waals surface area (Å²) in [5.41, 5.74) is 4.38. The second kappa shape index (κ2) is 6.11. The van der Waals surface area contributed by atoms with Gasteiger partial charge in [0.05, 0.1) is 24.0 Å². The topological polar surface area (TPSA) is 53.8 Å². The van der Waals surface area contributed by atoms with Crippen molar-refractivity contribution >= 4 is 23.5 Å². The molecule has 0 aromatic heterocycles. The summed E-state index contributed by atoms with van der Waals surface area (Å²) in [6.45, 7) is 0. The highest BCUT2D eigenvalue weighted by Crippen LogP contribution is 2.25. The molecular weight excluding hydrogens is 264 g/mol. The van der Waals surface area contributed by atoms with E-state index in [9.17, 15) is 5.11 Å². The molecule has 2 rings (SSSR count). The van der Waals surface area contributed by atoms with Gasteiger partial charge in [-0.25, -0.2) is 0 Å². The number of para-hydroxylation sites is 1. The van der Waals surface area contributed by atoms with Crippen molar-refractivity contribution in [2.45, 2.75) is 0 Å². The van der Waals surface area contributed by atoms with E-state index in [1.165, 1.54) is 7.11 Å². The number of hydrogen-bond donors (Lipinski definition) is 2. The number of nitrogens with one attached hydrogen (secondary N) is 1. The molecule has 0 amide bonds. The Balaban J connectivity index is 2.09. The van der Waals surface area contributed by atoms with E-state index >= 15 is 0 Å². The summed E-state index contributed by atoms with van der Waals surface area (Å²) in [4.78, 5) is 0. The Morgan fingerprint density at radius 1 is 1.26 bits per heavy atom. The minimum atomic E-state index is 0.0960. The number of nitrogens with zero attached hydrogens (tertiary/aromatic N) is 1. The molecule has 0 spiro atoms. The maximum atomic E-state index is 9.47. The third-order valence-electron chi connectivity index (χ3n) is 2.48. The van der Waals surface area contributed by atoms with E-state index in [1.807, 2.05) is 18.2 Å². The molecule has 0 aliphatic rings. The third kappa shape index (κ3) is 3.39. The molecule has 5 heteroatoms. The second-order valence-electron chi connectivity index (χ2n) is 3.78. The quantitative estimate of drug-likeness (QED) is 0.664. The molecular formula is C14H13ClN2O2. The number of rotatable bonds is 4. The molecule has 0 saturated carbocycles. The van der Waals surface area contributed by atoms with Gasteiger partial charge in [0, 0.05) is 0 Å². The average Bonchev–Trinajstić information content (AvgIpc) is 2.43. The van der Waals surface area contributed by atoms with Gasteiger partial charge in [0.25, 0.3) is 0 Å². The first-order chi connectivity index (χ1) is 9.20. The molecule has 0 aliphatic carbocycles. The van der Waals surface area contributed by atoms with Crippen LogP contribution in [0.1, 0.15) is 5.56 Å². The van der Waals surface area contributed by atoms with Crippen LogP contribution < -0.4 is 10.2 Å². The number of halogens is 1. The molecule has 2 N–H and O–H groups in total. The van der Waals surface area contributed by atoms with Crippen LogP contribution in [0.2, 0.25) is 5.02 Å². The lowest BCUT2D eigenvalue weighted by Crippen LogP contribution is -1.92. The minimum Gasteiger partial charge on any atom is -0.504 e. The molecule has 0 radical (unpaired) electrons. The van der Waals surface area contributed by atoms with Gasteiger partial charge in [-0.1, -0.05) is 23.7 Å². The zero-order chi connectivity index (χ0) is 13.7. The Morgan fingerprint density at radius 3 is 2.79 bits per heavy atom. The highest BCUT2D eigenvalue weighted by molar-refractivity contribution is 6.33. The number of hydrazone groups is 1. The molecule has 2 aromatic rings. The van der Waals surface area contributed by atoms with Crippen LogP contribution in [0.15, 0.2) is 47.6 Å². The van der Waals surface area contributed by atoms with Crippen LogP contribution in [0.5, 0.6) is 11.5 Å². The number of ether oxygens (including phenoxy) is 1. The maximum absolute atomic E-state index is 9.47. The first kappa shape index (κ1) is 13.2. The van der Waals surface area contributed by atoms with Crippen molar-refractivity contribution in [2.24, 2.45) is 5.10 Å². The van der Waals surface area contributed by atoms with E-state index < -0.39 is 0 Å². The van der Waals surface area contributed by atoms with Gasteiger partial charge in [-0.05, 0) is 35.9 Å². The number of methoxy groups -OCH3 is 1. The largest absolute Gasteiger partial charge is 0.504 e. The van der Waals surface area contributed by atoms with Gasteiger partial charge in [-0.3, -0.25) is 5.43 Å². The molecule has 4 nitrogen and oxygen atoms in total. The van der Waals surface area contributed by atoms with Crippen LogP contribution in [0, 0.1) is 0 Å². The molecule has 0 atom stereocenters. The summed E-state index contributed by atoms with van der Waals surface area (Å²) in [5.74, 6) is 0.500. The summed E-state index contributed by atoms with van der Waals surface area (Å²) < 4.78 is 5.02. The highest BCUT2D eigenvalue weighted by atomic mass is 35.5. The fourth-order valence-electron chi connectivity index (χ4n) is 1.50. The molecule has 0 bridgehead atoms. The van der Waals surface area contributed by atoms with Gasteiger partial charge in [0.1, 0.15) is 0 Å². The third-order valence-corrected chi connectivity index (χ3v) is 2.81. The molecule has 0 fully saturated rings. The molecule has 0 aliphatic heterocycles. The monoisotopic (exact) mass is 276 g/mol. The zero-order valence-corrected chi connectivity index (χ0v) is 11.1. The van der Waals surface area contributed by atoms with Crippen molar-refractivity contribution in [1.82, 2.24) is 0 Å². The average molecular weight is 277 g/mol. The smallest absolute Gasteiger partial charge is 0.161 e. The van der Waals surface area contributed by atoms with Crippen molar-refractivity contribution in [3.63, 3.8) is 0 Å². The number of phenols is 1. The van der Waals surface area contributed by atoms with E-state index in [2.05, 4.69) is 10.5 Å². The van der Waals surface area contributed by atoms with Gasteiger partial charge in [0.15, 0.2) is 11.5 Å². The first-order valence-corrected chi connectivity index (χ1v) is 5.99. The minimum absolute atomic E-state index is 0.0960. The fourth-order valence-corrected chi connectivity index (χ4v) is 1.68. The molecule has 0 saturated heterocycles. The lowest BCUT2D eigenvalue weighted by Gasteiger charge is -2.04. The summed E-state index contributed by atoms with van der Waals surface area (Å²) in [6, 6.07) is 12.3. The highest BCUT2D eigenvalue weighted by Gasteiger charge is 2.01. The van der Waals surface area contributed by atoms with Crippen LogP contribution in [-0.2, 0) is 0 Å².